The molecular weight excluding hydrogens is 537 g/mol. The summed E-state index contributed by atoms with van der Waals surface area (Å²) in [6, 6.07) is 23.9. The lowest BCUT2D eigenvalue weighted by atomic mass is 9.92. The van der Waals surface area contributed by atoms with Crippen molar-refractivity contribution in [2.75, 3.05) is 11.9 Å². The van der Waals surface area contributed by atoms with Crippen LogP contribution in [0.2, 0.25) is 5.02 Å². The Kier molecular flexibility index (Phi) is 7.73. The van der Waals surface area contributed by atoms with Gasteiger partial charge in [-0.25, -0.2) is 4.79 Å². The largest absolute Gasteiger partial charge is 0.465 e. The molecule has 0 bridgehead atoms. The number of ether oxygens (including phenoxy) is 2. The minimum absolute atomic E-state index is 0.182. The molecule has 1 heterocycles. The maximum atomic E-state index is 14.5. The van der Waals surface area contributed by atoms with Crippen molar-refractivity contribution in [1.82, 2.24) is 0 Å². The number of anilines is 1. The summed E-state index contributed by atoms with van der Waals surface area (Å²) in [5.41, 5.74) is 3.91. The maximum absolute atomic E-state index is 14.5. The van der Waals surface area contributed by atoms with E-state index in [1.165, 1.54) is 6.07 Å². The molecule has 1 amide bonds. The van der Waals surface area contributed by atoms with Gasteiger partial charge in [-0.1, -0.05) is 78.3 Å². The van der Waals surface area contributed by atoms with E-state index in [0.29, 0.717) is 27.8 Å². The highest BCUT2D eigenvalue weighted by Gasteiger charge is 2.52. The molecule has 1 aliphatic rings. The molecule has 5 rings (SSSR count). The first-order valence-electron chi connectivity index (χ1n) is 12.7. The van der Waals surface area contributed by atoms with Crippen LogP contribution in [0.25, 0.3) is 21.6 Å². The molecule has 1 aliphatic carbocycles. The van der Waals surface area contributed by atoms with E-state index in [0.717, 1.165) is 46.4 Å². The Morgan fingerprint density at radius 2 is 1.69 bits per heavy atom. The molecule has 0 spiro atoms. The van der Waals surface area contributed by atoms with E-state index in [4.69, 9.17) is 21.1 Å². The average Bonchev–Trinajstić information content (AvgIpc) is 3.67. The van der Waals surface area contributed by atoms with Crippen LogP contribution in [0.3, 0.4) is 0 Å². The predicted molar refractivity (Wildman–Crippen MR) is 153 cm³/mol. The van der Waals surface area contributed by atoms with Crippen LogP contribution in [0.15, 0.2) is 78.9 Å². The van der Waals surface area contributed by atoms with Crippen LogP contribution in [0.5, 0.6) is 0 Å². The van der Waals surface area contributed by atoms with Gasteiger partial charge in [-0.15, -0.1) is 11.3 Å². The van der Waals surface area contributed by atoms with E-state index >= 15 is 0 Å². The van der Waals surface area contributed by atoms with Crippen molar-refractivity contribution in [3.63, 3.8) is 0 Å². The van der Waals surface area contributed by atoms with Crippen LogP contribution in [0, 0.1) is 5.13 Å². The lowest BCUT2D eigenvalue weighted by Crippen LogP contribution is -2.23. The Balaban J connectivity index is 1.39. The smallest absolute Gasteiger partial charge is 0.412 e. The molecule has 8 heteroatoms. The molecule has 1 fully saturated rings. The number of carbonyl (C=O) groups is 2. The zero-order valence-electron chi connectivity index (χ0n) is 21.5. The van der Waals surface area contributed by atoms with Crippen LogP contribution >= 0.6 is 22.9 Å². The molecule has 1 N–H and O–H groups in total. The van der Waals surface area contributed by atoms with Crippen molar-refractivity contribution >= 4 is 40.7 Å². The molecule has 1 unspecified atom stereocenters. The fraction of sp³-hybridized carbons (Fsp3) is 0.226. The maximum Gasteiger partial charge on any atom is 0.412 e. The van der Waals surface area contributed by atoms with Crippen LogP contribution < -0.4 is 5.32 Å². The van der Waals surface area contributed by atoms with Gasteiger partial charge in [0.2, 0.25) is 0 Å². The lowest BCUT2D eigenvalue weighted by Gasteiger charge is -2.17. The van der Waals surface area contributed by atoms with Gasteiger partial charge in [-0.2, -0.15) is 4.39 Å². The predicted octanol–water partition coefficient (Wildman–Crippen LogP) is 8.78. The molecule has 200 valence electrons. The summed E-state index contributed by atoms with van der Waals surface area (Å²) in [6.45, 7) is 3.89. The molecule has 0 saturated heterocycles. The highest BCUT2D eigenvalue weighted by molar-refractivity contribution is 7.14. The molecule has 0 radical (unpaired) electrons. The zero-order valence-corrected chi connectivity index (χ0v) is 23.1. The van der Waals surface area contributed by atoms with E-state index in [9.17, 15) is 14.0 Å². The van der Waals surface area contributed by atoms with Gasteiger partial charge in [-0.05, 0) is 49.4 Å². The Hall–Kier alpha value is -3.68. The van der Waals surface area contributed by atoms with Gasteiger partial charge >= 0.3 is 12.1 Å². The SMILES string of the molecule is CCOC(=O)C1(c2ccc(-c3ccccc3-c3sc(F)cc3NC(=O)OC(C)c3ccccc3Cl)cc2)CC1. The van der Waals surface area contributed by atoms with Crippen LogP contribution in [-0.2, 0) is 19.7 Å². The van der Waals surface area contributed by atoms with Crippen LogP contribution in [0.1, 0.15) is 43.9 Å². The molecule has 4 aromatic rings. The monoisotopic (exact) mass is 563 g/mol. The lowest BCUT2D eigenvalue weighted by molar-refractivity contribution is -0.146. The van der Waals surface area contributed by atoms with E-state index in [2.05, 4.69) is 5.32 Å². The third kappa shape index (κ3) is 5.56. The Labute approximate surface area is 235 Å². The number of amides is 1. The number of halogens is 2. The van der Waals surface area contributed by atoms with Crippen LogP contribution in [0.4, 0.5) is 14.9 Å². The molecule has 0 aliphatic heterocycles. The normalized spacial score (nSPS) is 14.4. The first-order chi connectivity index (χ1) is 18.8. The van der Waals surface area contributed by atoms with Gasteiger partial charge in [0.25, 0.3) is 0 Å². The number of hydrogen-bond acceptors (Lipinski definition) is 5. The quantitative estimate of drug-likeness (QED) is 0.218. The van der Waals surface area contributed by atoms with E-state index in [-0.39, 0.29) is 5.97 Å². The summed E-state index contributed by atoms with van der Waals surface area (Å²) in [4.78, 5) is 25.8. The van der Waals surface area contributed by atoms with Crippen molar-refractivity contribution in [1.29, 1.82) is 0 Å². The second-order valence-corrected chi connectivity index (χ2v) is 10.8. The van der Waals surface area contributed by atoms with Gasteiger partial charge in [0.1, 0.15) is 6.10 Å². The summed E-state index contributed by atoms with van der Waals surface area (Å²) in [6.07, 6.45) is 0.241. The highest BCUT2D eigenvalue weighted by atomic mass is 35.5. The Morgan fingerprint density at radius 1 is 1.03 bits per heavy atom. The van der Waals surface area contributed by atoms with Crippen molar-refractivity contribution in [3.05, 3.63) is 100 Å². The topological polar surface area (TPSA) is 64.6 Å². The number of benzene rings is 3. The Bertz CT molecular complexity index is 1510. The standard InChI is InChI=1S/C31H27ClFNO4S/c1-3-37-29(35)31(16-17-31)21-14-12-20(13-15-21)23-9-4-5-10-24(23)28-26(18-27(33)39-28)34-30(36)38-19(2)22-8-6-7-11-25(22)32/h4-15,18-19H,3,16-17H2,1-2H3,(H,34,36). The Morgan fingerprint density at radius 3 is 2.36 bits per heavy atom. The molecular formula is C31H27ClFNO4S. The van der Waals surface area contributed by atoms with Gasteiger partial charge in [0, 0.05) is 22.2 Å². The first-order valence-corrected chi connectivity index (χ1v) is 13.9. The third-order valence-corrected chi connectivity index (χ3v) is 8.20. The molecule has 5 nitrogen and oxygen atoms in total. The summed E-state index contributed by atoms with van der Waals surface area (Å²) in [5, 5.41) is 2.76. The van der Waals surface area contributed by atoms with E-state index < -0.39 is 22.7 Å². The summed E-state index contributed by atoms with van der Waals surface area (Å²) in [7, 11) is 0. The van der Waals surface area contributed by atoms with Crippen molar-refractivity contribution in [2.24, 2.45) is 0 Å². The van der Waals surface area contributed by atoms with Crippen molar-refractivity contribution < 1.29 is 23.5 Å². The van der Waals surface area contributed by atoms with Gasteiger partial charge in [-0.3, -0.25) is 10.1 Å². The second-order valence-electron chi connectivity index (χ2n) is 9.41. The van der Waals surface area contributed by atoms with Gasteiger partial charge in [0.15, 0.2) is 5.13 Å². The second kappa shape index (κ2) is 11.2. The van der Waals surface area contributed by atoms with E-state index in [1.54, 1.807) is 25.1 Å². The summed E-state index contributed by atoms with van der Waals surface area (Å²) < 4.78 is 25.4. The van der Waals surface area contributed by atoms with Crippen LogP contribution in [-0.4, -0.2) is 18.7 Å². The summed E-state index contributed by atoms with van der Waals surface area (Å²) in [5.74, 6) is -0.182. The zero-order chi connectivity index (χ0) is 27.6. The summed E-state index contributed by atoms with van der Waals surface area (Å²) >= 11 is 7.18. The number of carbonyl (C=O) groups excluding carboxylic acids is 2. The molecule has 3 aromatic carbocycles. The average molecular weight is 564 g/mol. The first kappa shape index (κ1) is 26.9. The molecule has 1 saturated carbocycles. The highest BCUT2D eigenvalue weighted by Crippen LogP contribution is 2.50. The number of esters is 1. The fourth-order valence-corrected chi connectivity index (χ4v) is 5.90. The number of thiophene rings is 1. The van der Waals surface area contributed by atoms with E-state index in [1.807, 2.05) is 61.5 Å². The number of hydrogen-bond donors (Lipinski definition) is 1. The van der Waals surface area contributed by atoms with Gasteiger partial charge in [0.05, 0.1) is 22.6 Å². The van der Waals surface area contributed by atoms with Crippen molar-refractivity contribution in [3.8, 4) is 21.6 Å². The fourth-order valence-electron chi connectivity index (χ4n) is 4.73. The molecule has 1 aromatic heterocycles. The van der Waals surface area contributed by atoms with Gasteiger partial charge < -0.3 is 9.47 Å². The van der Waals surface area contributed by atoms with Crippen molar-refractivity contribution in [2.45, 2.75) is 38.2 Å². The number of nitrogens with one attached hydrogen (secondary N) is 1. The number of rotatable bonds is 8. The molecule has 39 heavy (non-hydrogen) atoms. The minimum atomic E-state index is -0.711. The third-order valence-electron chi connectivity index (χ3n) is 6.90. The molecule has 1 atom stereocenters. The minimum Gasteiger partial charge on any atom is -0.465 e.